The molecule has 0 saturated heterocycles. The summed E-state index contributed by atoms with van der Waals surface area (Å²) in [6, 6.07) is 0. The Bertz CT molecular complexity index is 209. The second-order valence-corrected chi connectivity index (χ2v) is 8.92. The van der Waals surface area contributed by atoms with E-state index in [2.05, 4.69) is 48.5 Å². The predicted octanol–water partition coefficient (Wildman–Crippen LogP) is 7.47. The smallest absolute Gasteiger partial charge is 0.0383 e. The van der Waals surface area contributed by atoms with Gasteiger partial charge in [0.25, 0.3) is 0 Å². The van der Waals surface area contributed by atoms with Gasteiger partial charge >= 0.3 is 0 Å². The van der Waals surface area contributed by atoms with Crippen molar-refractivity contribution in [2.45, 2.75) is 106 Å². The van der Waals surface area contributed by atoms with Crippen LogP contribution in [0.5, 0.6) is 0 Å². The van der Waals surface area contributed by atoms with Gasteiger partial charge in [-0.3, -0.25) is 0 Å². The Kier molecular flexibility index (Phi) is 10.7. The molecule has 2 atom stereocenters. The molecule has 0 heterocycles. The second kappa shape index (κ2) is 10.7. The van der Waals surface area contributed by atoms with E-state index in [1.807, 2.05) is 0 Å². The SMILES string of the molecule is CC(C)CCC[C@@H](C)CCC[C@@H](C)CCCC(C)(C)C. The maximum absolute atomic E-state index is 2.45. The highest BCUT2D eigenvalue weighted by Crippen LogP contribution is 2.25. The molecule has 0 nitrogen and oxygen atoms in total. The number of rotatable bonds is 11. The summed E-state index contributed by atoms with van der Waals surface area (Å²) in [6.07, 6.45) is 12.8. The Morgan fingerprint density at radius 3 is 1.40 bits per heavy atom. The first kappa shape index (κ1) is 20.0. The standard InChI is InChI=1S/C20H42/c1-17(2)11-8-12-18(3)13-9-14-19(4)15-10-16-20(5,6)7/h17-19H,8-16H2,1-7H3/t18-,19-/m1/s1. The van der Waals surface area contributed by atoms with Gasteiger partial charge in [0, 0.05) is 0 Å². The maximum atomic E-state index is 2.45. The van der Waals surface area contributed by atoms with Gasteiger partial charge < -0.3 is 0 Å². The van der Waals surface area contributed by atoms with Crippen LogP contribution in [-0.2, 0) is 0 Å². The minimum Gasteiger partial charge on any atom is -0.0628 e. The van der Waals surface area contributed by atoms with Crippen molar-refractivity contribution < 1.29 is 0 Å². The van der Waals surface area contributed by atoms with Gasteiger partial charge in [0.2, 0.25) is 0 Å². The maximum Gasteiger partial charge on any atom is -0.0383 e. The molecule has 0 aliphatic heterocycles. The largest absolute Gasteiger partial charge is 0.0628 e. The molecule has 20 heavy (non-hydrogen) atoms. The third kappa shape index (κ3) is 14.4. The van der Waals surface area contributed by atoms with E-state index < -0.39 is 0 Å². The topological polar surface area (TPSA) is 0 Å². The molecular formula is C20H42. The summed E-state index contributed by atoms with van der Waals surface area (Å²) in [5.41, 5.74) is 0.519. The molecule has 0 spiro atoms. The molecule has 0 aromatic heterocycles. The van der Waals surface area contributed by atoms with E-state index in [1.165, 1.54) is 57.8 Å². The third-order valence-corrected chi connectivity index (χ3v) is 4.50. The zero-order chi connectivity index (χ0) is 15.6. The van der Waals surface area contributed by atoms with Crippen LogP contribution in [0, 0.1) is 23.2 Å². The van der Waals surface area contributed by atoms with Crippen molar-refractivity contribution in [2.24, 2.45) is 23.2 Å². The zero-order valence-corrected chi connectivity index (χ0v) is 15.6. The van der Waals surface area contributed by atoms with Gasteiger partial charge in [-0.15, -0.1) is 0 Å². The lowest BCUT2D eigenvalue weighted by atomic mass is 9.87. The Morgan fingerprint density at radius 1 is 0.600 bits per heavy atom. The Balaban J connectivity index is 3.48. The summed E-state index contributed by atoms with van der Waals surface area (Å²) < 4.78 is 0. The van der Waals surface area contributed by atoms with Crippen molar-refractivity contribution >= 4 is 0 Å². The van der Waals surface area contributed by atoms with Crippen molar-refractivity contribution in [3.8, 4) is 0 Å². The second-order valence-electron chi connectivity index (χ2n) is 8.92. The lowest BCUT2D eigenvalue weighted by Crippen LogP contribution is -2.06. The first-order valence-electron chi connectivity index (χ1n) is 9.20. The van der Waals surface area contributed by atoms with Crippen LogP contribution in [0.25, 0.3) is 0 Å². The van der Waals surface area contributed by atoms with Crippen molar-refractivity contribution in [3.63, 3.8) is 0 Å². The monoisotopic (exact) mass is 282 g/mol. The van der Waals surface area contributed by atoms with Crippen molar-refractivity contribution in [1.82, 2.24) is 0 Å². The van der Waals surface area contributed by atoms with Crippen molar-refractivity contribution in [1.29, 1.82) is 0 Å². The van der Waals surface area contributed by atoms with Crippen LogP contribution in [0.3, 0.4) is 0 Å². The summed E-state index contributed by atoms with van der Waals surface area (Å²) in [4.78, 5) is 0. The molecule has 0 aliphatic carbocycles. The zero-order valence-electron chi connectivity index (χ0n) is 15.6. The molecule has 0 radical (unpaired) electrons. The van der Waals surface area contributed by atoms with E-state index in [1.54, 1.807) is 0 Å². The molecule has 0 N–H and O–H groups in total. The Morgan fingerprint density at radius 2 is 1.00 bits per heavy atom. The highest BCUT2D eigenvalue weighted by molar-refractivity contribution is 4.64. The van der Waals surface area contributed by atoms with Crippen LogP contribution in [0.15, 0.2) is 0 Å². The summed E-state index contributed by atoms with van der Waals surface area (Å²) in [7, 11) is 0. The van der Waals surface area contributed by atoms with Gasteiger partial charge in [0.05, 0.1) is 0 Å². The van der Waals surface area contributed by atoms with E-state index >= 15 is 0 Å². The molecule has 0 bridgehead atoms. The van der Waals surface area contributed by atoms with E-state index in [0.29, 0.717) is 5.41 Å². The summed E-state index contributed by atoms with van der Waals surface area (Å²) in [5.74, 6) is 2.75. The summed E-state index contributed by atoms with van der Waals surface area (Å²) in [5, 5.41) is 0. The van der Waals surface area contributed by atoms with Crippen LogP contribution in [0.2, 0.25) is 0 Å². The molecule has 0 aliphatic rings. The van der Waals surface area contributed by atoms with E-state index in [4.69, 9.17) is 0 Å². The van der Waals surface area contributed by atoms with Crippen molar-refractivity contribution in [2.75, 3.05) is 0 Å². The highest BCUT2D eigenvalue weighted by atomic mass is 14.2. The molecule has 0 unspecified atom stereocenters. The lowest BCUT2D eigenvalue weighted by Gasteiger charge is -2.19. The third-order valence-electron chi connectivity index (χ3n) is 4.50. The van der Waals surface area contributed by atoms with E-state index in [9.17, 15) is 0 Å². The van der Waals surface area contributed by atoms with E-state index in [0.717, 1.165) is 17.8 Å². The fraction of sp³-hybridized carbons (Fsp3) is 1.00. The van der Waals surface area contributed by atoms with Gasteiger partial charge in [0.15, 0.2) is 0 Å². The molecule has 0 aromatic carbocycles. The first-order chi connectivity index (χ1) is 9.20. The molecule has 0 rings (SSSR count). The molecule has 0 fully saturated rings. The predicted molar refractivity (Wildman–Crippen MR) is 94.2 cm³/mol. The molecule has 0 saturated carbocycles. The van der Waals surface area contributed by atoms with Crippen LogP contribution in [-0.4, -0.2) is 0 Å². The molecule has 0 amide bonds. The van der Waals surface area contributed by atoms with Gasteiger partial charge in [-0.05, 0) is 29.6 Å². The number of hydrogen-bond donors (Lipinski definition) is 0. The molecule has 122 valence electrons. The normalized spacial score (nSPS) is 15.6. The van der Waals surface area contributed by atoms with E-state index in [-0.39, 0.29) is 0 Å². The van der Waals surface area contributed by atoms with Gasteiger partial charge in [-0.2, -0.15) is 0 Å². The van der Waals surface area contributed by atoms with Crippen molar-refractivity contribution in [3.05, 3.63) is 0 Å². The lowest BCUT2D eigenvalue weighted by molar-refractivity contribution is 0.331. The fourth-order valence-electron chi connectivity index (χ4n) is 2.96. The quantitative estimate of drug-likeness (QED) is 0.368. The minimum absolute atomic E-state index is 0.519. The van der Waals surface area contributed by atoms with Crippen LogP contribution >= 0.6 is 0 Å². The average molecular weight is 283 g/mol. The highest BCUT2D eigenvalue weighted by Gasteiger charge is 2.11. The summed E-state index contributed by atoms with van der Waals surface area (Å²) >= 11 is 0. The average Bonchev–Trinajstić information content (AvgIpc) is 2.26. The van der Waals surface area contributed by atoms with Gasteiger partial charge in [0.1, 0.15) is 0 Å². The van der Waals surface area contributed by atoms with Crippen LogP contribution in [0.4, 0.5) is 0 Å². The summed E-state index contributed by atoms with van der Waals surface area (Å²) in [6.45, 7) is 16.6. The number of hydrogen-bond acceptors (Lipinski definition) is 0. The minimum atomic E-state index is 0.519. The fourth-order valence-corrected chi connectivity index (χ4v) is 2.96. The molecule has 0 aromatic rings. The van der Waals surface area contributed by atoms with Crippen LogP contribution < -0.4 is 0 Å². The molecule has 0 heteroatoms. The van der Waals surface area contributed by atoms with Gasteiger partial charge in [-0.1, -0.05) is 99.8 Å². The first-order valence-corrected chi connectivity index (χ1v) is 9.20. The Labute approximate surface area is 130 Å². The molecular weight excluding hydrogens is 240 g/mol. The Hall–Kier alpha value is 0. The van der Waals surface area contributed by atoms with Gasteiger partial charge in [-0.25, -0.2) is 0 Å². The van der Waals surface area contributed by atoms with Crippen LogP contribution in [0.1, 0.15) is 106 Å².